The average molecular weight is 289 g/mol. The lowest BCUT2D eigenvalue weighted by molar-refractivity contribution is -0.675. The Kier molecular flexibility index (Phi) is 2.08. The van der Waals surface area contributed by atoms with E-state index in [0.717, 1.165) is 17.8 Å². The molecule has 1 aliphatic rings. The third-order valence-corrected chi connectivity index (χ3v) is 4.88. The first-order valence-corrected chi connectivity index (χ1v) is 7.66. The first kappa shape index (κ1) is 12.0. The zero-order chi connectivity index (χ0) is 15.0. The minimum absolute atomic E-state index is 0.828. The van der Waals surface area contributed by atoms with Crippen molar-refractivity contribution in [2.45, 2.75) is 27.4 Å². The van der Waals surface area contributed by atoms with Crippen LogP contribution in [0.2, 0.25) is 0 Å². The van der Waals surface area contributed by atoms with Crippen molar-refractivity contribution in [1.82, 2.24) is 4.57 Å². The highest BCUT2D eigenvalue weighted by Crippen LogP contribution is 2.39. The van der Waals surface area contributed by atoms with Gasteiger partial charge in [0.05, 0.1) is 5.69 Å². The maximum Gasteiger partial charge on any atom is 0.261 e. The molecule has 3 heteroatoms. The number of furan rings is 1. The maximum atomic E-state index is 6.17. The number of hydrogen-bond acceptors (Lipinski definition) is 1. The van der Waals surface area contributed by atoms with Crippen LogP contribution in [-0.4, -0.2) is 4.57 Å². The van der Waals surface area contributed by atoms with Gasteiger partial charge in [-0.3, -0.25) is 4.57 Å². The summed E-state index contributed by atoms with van der Waals surface area (Å²) in [7, 11) is 0. The number of hydrogen-bond donors (Lipinski definition) is 0. The molecule has 5 rings (SSSR count). The largest absolute Gasteiger partial charge is 0.449 e. The summed E-state index contributed by atoms with van der Waals surface area (Å²) in [5.74, 6) is 0. The fraction of sp³-hybridized carbons (Fsp3) is 0.211. The van der Waals surface area contributed by atoms with E-state index in [-0.39, 0.29) is 0 Å². The second-order valence-electron chi connectivity index (χ2n) is 6.31. The van der Waals surface area contributed by atoms with Gasteiger partial charge in [0.25, 0.3) is 5.52 Å². The van der Waals surface area contributed by atoms with Crippen LogP contribution in [0, 0.1) is 20.8 Å². The van der Waals surface area contributed by atoms with Gasteiger partial charge in [-0.05, 0) is 38.5 Å². The molecule has 0 saturated carbocycles. The second-order valence-corrected chi connectivity index (χ2v) is 6.31. The molecule has 0 aliphatic carbocycles. The van der Waals surface area contributed by atoms with Crippen molar-refractivity contribution in [2.24, 2.45) is 0 Å². The molecule has 0 atom stereocenters. The molecule has 22 heavy (non-hydrogen) atoms. The van der Waals surface area contributed by atoms with Crippen LogP contribution in [0.3, 0.4) is 0 Å². The van der Waals surface area contributed by atoms with E-state index in [0.29, 0.717) is 0 Å². The van der Waals surface area contributed by atoms with Crippen molar-refractivity contribution in [2.75, 3.05) is 0 Å². The summed E-state index contributed by atoms with van der Waals surface area (Å²) in [5.41, 5.74) is 9.60. The monoisotopic (exact) mass is 289 g/mol. The van der Waals surface area contributed by atoms with Gasteiger partial charge in [-0.15, -0.1) is 0 Å². The van der Waals surface area contributed by atoms with Crippen LogP contribution in [0.1, 0.15) is 16.8 Å². The SMILES string of the molecule is Cc1cc(C)n2c1-c1cccc3oc4c(C)cc[n+](c4c13)C2. The number of aryl methyl sites for hydroxylation is 3. The number of pyridine rings is 1. The molecule has 1 aliphatic heterocycles. The van der Waals surface area contributed by atoms with Crippen molar-refractivity contribution >= 4 is 22.1 Å². The van der Waals surface area contributed by atoms with Crippen LogP contribution >= 0.6 is 0 Å². The topological polar surface area (TPSA) is 21.9 Å². The molecule has 1 aromatic carbocycles. The molecule has 4 aromatic rings. The molecule has 0 N–H and O–H groups in total. The Hall–Kier alpha value is -2.55. The Balaban J connectivity index is 2.11. The molecule has 0 saturated heterocycles. The van der Waals surface area contributed by atoms with Crippen molar-refractivity contribution in [3.8, 4) is 11.3 Å². The minimum atomic E-state index is 0.828. The third-order valence-electron chi connectivity index (χ3n) is 4.88. The highest BCUT2D eigenvalue weighted by atomic mass is 16.3. The molecule has 3 nitrogen and oxygen atoms in total. The van der Waals surface area contributed by atoms with E-state index in [2.05, 4.69) is 66.4 Å². The Labute approximate surface area is 128 Å². The van der Waals surface area contributed by atoms with Crippen LogP contribution in [0.25, 0.3) is 33.3 Å². The first-order chi connectivity index (χ1) is 10.6. The van der Waals surface area contributed by atoms with Crippen molar-refractivity contribution < 1.29 is 8.98 Å². The molecule has 0 amide bonds. The molecule has 0 spiro atoms. The molecule has 0 bridgehead atoms. The fourth-order valence-electron chi connectivity index (χ4n) is 3.88. The van der Waals surface area contributed by atoms with Gasteiger partial charge in [0.15, 0.2) is 6.20 Å². The molecule has 4 heterocycles. The summed E-state index contributed by atoms with van der Waals surface area (Å²) < 4.78 is 10.9. The lowest BCUT2D eigenvalue weighted by Crippen LogP contribution is -2.37. The third kappa shape index (κ3) is 1.29. The van der Waals surface area contributed by atoms with E-state index in [1.54, 1.807) is 0 Å². The maximum absolute atomic E-state index is 6.17. The van der Waals surface area contributed by atoms with Gasteiger partial charge in [0, 0.05) is 22.9 Å². The predicted octanol–water partition coefficient (Wildman–Crippen LogP) is 4.09. The van der Waals surface area contributed by atoms with Crippen LogP contribution in [0.15, 0.2) is 40.9 Å². The normalized spacial score (nSPS) is 13.0. The van der Waals surface area contributed by atoms with E-state index in [1.165, 1.54) is 39.0 Å². The molecule has 0 radical (unpaired) electrons. The molecular formula is C19H17N2O+. The molecule has 3 aromatic heterocycles. The Morgan fingerprint density at radius 1 is 1.09 bits per heavy atom. The number of benzene rings is 1. The lowest BCUT2D eigenvalue weighted by Gasteiger charge is -2.08. The van der Waals surface area contributed by atoms with E-state index in [4.69, 9.17) is 4.42 Å². The number of nitrogens with zero attached hydrogens (tertiary/aromatic N) is 2. The molecule has 108 valence electrons. The average Bonchev–Trinajstić information content (AvgIpc) is 2.95. The minimum Gasteiger partial charge on any atom is -0.449 e. The highest BCUT2D eigenvalue weighted by Gasteiger charge is 2.28. The van der Waals surface area contributed by atoms with Crippen LogP contribution in [-0.2, 0) is 6.67 Å². The van der Waals surface area contributed by atoms with Gasteiger partial charge >= 0.3 is 0 Å². The Morgan fingerprint density at radius 2 is 1.95 bits per heavy atom. The molecule has 0 unspecified atom stereocenters. The van der Waals surface area contributed by atoms with E-state index in [1.807, 2.05) is 0 Å². The van der Waals surface area contributed by atoms with Gasteiger partial charge in [-0.1, -0.05) is 12.1 Å². The fourth-order valence-corrected chi connectivity index (χ4v) is 3.88. The zero-order valence-electron chi connectivity index (χ0n) is 13.0. The highest BCUT2D eigenvalue weighted by molar-refractivity contribution is 6.09. The first-order valence-electron chi connectivity index (χ1n) is 7.66. The number of aromatic nitrogens is 2. The standard InChI is InChI=1S/C19H17N2O/c1-11-7-8-20-10-21-13(3)9-12(2)17(21)14-5-4-6-15-16(14)18(20)19(11)22-15/h4-9H,10H2,1-3H3/q+1. The second kappa shape index (κ2) is 3.80. The van der Waals surface area contributed by atoms with Gasteiger partial charge < -0.3 is 4.42 Å². The van der Waals surface area contributed by atoms with Gasteiger partial charge in [0.1, 0.15) is 11.0 Å². The van der Waals surface area contributed by atoms with E-state index < -0.39 is 0 Å². The Morgan fingerprint density at radius 3 is 2.82 bits per heavy atom. The van der Waals surface area contributed by atoms with E-state index in [9.17, 15) is 0 Å². The quantitative estimate of drug-likeness (QED) is 0.394. The molecule has 0 fully saturated rings. The van der Waals surface area contributed by atoms with Crippen LogP contribution in [0.5, 0.6) is 0 Å². The van der Waals surface area contributed by atoms with Gasteiger partial charge in [-0.2, -0.15) is 4.57 Å². The van der Waals surface area contributed by atoms with Gasteiger partial charge in [-0.25, -0.2) is 0 Å². The summed E-state index contributed by atoms with van der Waals surface area (Å²) in [6.07, 6.45) is 2.17. The summed E-state index contributed by atoms with van der Waals surface area (Å²) in [6, 6.07) is 10.8. The smallest absolute Gasteiger partial charge is 0.261 e. The van der Waals surface area contributed by atoms with Crippen molar-refractivity contribution in [3.63, 3.8) is 0 Å². The van der Waals surface area contributed by atoms with Crippen molar-refractivity contribution in [1.29, 1.82) is 0 Å². The van der Waals surface area contributed by atoms with Crippen LogP contribution in [0.4, 0.5) is 0 Å². The molecular weight excluding hydrogens is 272 g/mol. The van der Waals surface area contributed by atoms with Gasteiger partial charge in [0.2, 0.25) is 12.3 Å². The van der Waals surface area contributed by atoms with E-state index >= 15 is 0 Å². The van der Waals surface area contributed by atoms with Crippen LogP contribution < -0.4 is 4.57 Å². The summed E-state index contributed by atoms with van der Waals surface area (Å²) >= 11 is 0. The lowest BCUT2D eigenvalue weighted by atomic mass is 10.0. The zero-order valence-corrected chi connectivity index (χ0v) is 13.0. The summed E-state index contributed by atoms with van der Waals surface area (Å²) in [4.78, 5) is 0. The summed E-state index contributed by atoms with van der Waals surface area (Å²) in [5, 5.41) is 1.24. The number of rotatable bonds is 0. The summed E-state index contributed by atoms with van der Waals surface area (Å²) in [6.45, 7) is 7.32. The number of fused-ring (bicyclic) bond motifs is 2. The Bertz CT molecular complexity index is 1080. The van der Waals surface area contributed by atoms with Crippen molar-refractivity contribution in [3.05, 3.63) is 53.3 Å². The predicted molar refractivity (Wildman–Crippen MR) is 87.0 cm³/mol.